The van der Waals surface area contributed by atoms with Gasteiger partial charge in [0.25, 0.3) is 0 Å². The summed E-state index contributed by atoms with van der Waals surface area (Å²) in [5.41, 5.74) is 3.18. The number of hydrogen-bond acceptors (Lipinski definition) is 2. The first-order valence-corrected chi connectivity index (χ1v) is 6.22. The van der Waals surface area contributed by atoms with Crippen molar-refractivity contribution in [1.29, 1.82) is 0 Å². The van der Waals surface area contributed by atoms with Gasteiger partial charge < -0.3 is 9.73 Å². The molecule has 2 aromatic rings. The molecule has 0 bridgehead atoms. The summed E-state index contributed by atoms with van der Waals surface area (Å²) in [5, 5.41) is 2.92. The highest BCUT2D eigenvalue weighted by Gasteiger charge is 2.06. The van der Waals surface area contributed by atoms with Crippen LogP contribution >= 0.6 is 0 Å². The third kappa shape index (κ3) is 3.85. The van der Waals surface area contributed by atoms with Crippen molar-refractivity contribution in [3.8, 4) is 0 Å². The van der Waals surface area contributed by atoms with Crippen LogP contribution in [0.15, 0.2) is 53.4 Å². The van der Waals surface area contributed by atoms with Gasteiger partial charge in [-0.05, 0) is 31.6 Å². The molecule has 19 heavy (non-hydrogen) atoms. The Balaban J connectivity index is 1.93. The summed E-state index contributed by atoms with van der Waals surface area (Å²) in [4.78, 5) is 11.8. The van der Waals surface area contributed by atoms with Gasteiger partial charge in [-0.2, -0.15) is 0 Å². The van der Waals surface area contributed by atoms with Crippen LogP contribution in [0.25, 0.3) is 6.08 Å². The van der Waals surface area contributed by atoms with Crippen molar-refractivity contribution in [1.82, 2.24) is 5.32 Å². The van der Waals surface area contributed by atoms with Crippen LogP contribution in [0.5, 0.6) is 0 Å². The Hall–Kier alpha value is -2.29. The number of aryl methyl sites for hydroxylation is 1. The van der Waals surface area contributed by atoms with Crippen molar-refractivity contribution in [3.63, 3.8) is 0 Å². The third-order valence-electron chi connectivity index (χ3n) is 2.91. The first-order chi connectivity index (χ1) is 9.15. The number of amides is 1. The maximum atomic E-state index is 11.8. The van der Waals surface area contributed by atoms with E-state index in [-0.39, 0.29) is 11.9 Å². The summed E-state index contributed by atoms with van der Waals surface area (Å²) in [5.74, 6) is -0.116. The molecule has 0 aliphatic rings. The minimum atomic E-state index is -0.116. The molecular formula is C16H17NO2. The Morgan fingerprint density at radius 2 is 2.00 bits per heavy atom. The summed E-state index contributed by atoms with van der Waals surface area (Å²) in [6.07, 6.45) is 6.40. The van der Waals surface area contributed by atoms with Crippen molar-refractivity contribution in [2.45, 2.75) is 19.9 Å². The fraction of sp³-hybridized carbons (Fsp3) is 0.188. The Morgan fingerprint density at radius 1 is 1.26 bits per heavy atom. The molecule has 1 heterocycles. The molecular weight excluding hydrogens is 238 g/mol. The van der Waals surface area contributed by atoms with Crippen LogP contribution in [-0.2, 0) is 4.79 Å². The second kappa shape index (κ2) is 6.05. The molecule has 0 aliphatic carbocycles. The topological polar surface area (TPSA) is 42.2 Å². The molecule has 1 aromatic carbocycles. The van der Waals surface area contributed by atoms with Crippen LogP contribution < -0.4 is 5.32 Å². The van der Waals surface area contributed by atoms with E-state index >= 15 is 0 Å². The molecule has 1 N–H and O–H groups in total. The van der Waals surface area contributed by atoms with Gasteiger partial charge in [0.2, 0.25) is 5.91 Å². The van der Waals surface area contributed by atoms with Crippen molar-refractivity contribution >= 4 is 12.0 Å². The van der Waals surface area contributed by atoms with Gasteiger partial charge in [-0.15, -0.1) is 0 Å². The quantitative estimate of drug-likeness (QED) is 0.850. The largest absolute Gasteiger partial charge is 0.472 e. The van der Waals surface area contributed by atoms with E-state index in [1.165, 1.54) is 11.6 Å². The van der Waals surface area contributed by atoms with Crippen LogP contribution in [0, 0.1) is 6.92 Å². The van der Waals surface area contributed by atoms with Gasteiger partial charge in [-0.25, -0.2) is 0 Å². The highest BCUT2D eigenvalue weighted by Crippen LogP contribution is 2.13. The van der Waals surface area contributed by atoms with Crippen LogP contribution in [-0.4, -0.2) is 5.91 Å². The minimum Gasteiger partial charge on any atom is -0.472 e. The highest BCUT2D eigenvalue weighted by atomic mass is 16.3. The number of hydrogen-bond donors (Lipinski definition) is 1. The van der Waals surface area contributed by atoms with Crippen LogP contribution in [0.4, 0.5) is 0 Å². The molecule has 0 saturated heterocycles. The Kier molecular flexibility index (Phi) is 4.18. The van der Waals surface area contributed by atoms with E-state index in [4.69, 9.17) is 4.42 Å². The zero-order valence-corrected chi connectivity index (χ0v) is 11.1. The van der Waals surface area contributed by atoms with Gasteiger partial charge >= 0.3 is 0 Å². The van der Waals surface area contributed by atoms with Gasteiger partial charge in [0, 0.05) is 11.6 Å². The van der Waals surface area contributed by atoms with E-state index in [0.717, 1.165) is 11.1 Å². The molecule has 0 aliphatic heterocycles. The molecule has 3 heteroatoms. The molecule has 0 fully saturated rings. The van der Waals surface area contributed by atoms with Crippen molar-refractivity contribution in [2.24, 2.45) is 0 Å². The predicted octanol–water partition coefficient (Wildman–Crippen LogP) is 3.48. The van der Waals surface area contributed by atoms with Gasteiger partial charge in [0.15, 0.2) is 0 Å². The lowest BCUT2D eigenvalue weighted by Crippen LogP contribution is -2.24. The highest BCUT2D eigenvalue weighted by molar-refractivity contribution is 5.91. The summed E-state index contributed by atoms with van der Waals surface area (Å²) < 4.78 is 4.93. The molecule has 1 aromatic heterocycles. The Labute approximate surface area is 112 Å². The zero-order valence-electron chi connectivity index (χ0n) is 11.1. The fourth-order valence-electron chi connectivity index (χ4n) is 1.74. The van der Waals surface area contributed by atoms with E-state index in [1.54, 1.807) is 24.7 Å². The molecule has 0 saturated carbocycles. The van der Waals surface area contributed by atoms with Crippen molar-refractivity contribution in [3.05, 3.63) is 65.6 Å². The van der Waals surface area contributed by atoms with E-state index in [0.29, 0.717) is 0 Å². The average Bonchev–Trinajstić information content (AvgIpc) is 2.90. The number of nitrogens with one attached hydrogen (secondary N) is 1. The average molecular weight is 255 g/mol. The second-order valence-corrected chi connectivity index (χ2v) is 4.53. The van der Waals surface area contributed by atoms with Gasteiger partial charge in [-0.3, -0.25) is 4.79 Å². The lowest BCUT2D eigenvalue weighted by molar-refractivity contribution is -0.117. The van der Waals surface area contributed by atoms with Gasteiger partial charge in [0.1, 0.15) is 0 Å². The monoisotopic (exact) mass is 255 g/mol. The standard InChI is InChI=1S/C16H17NO2/c1-12-3-6-15(7-4-12)13(2)17-16(18)8-5-14-9-10-19-11-14/h3-11,13H,1-2H3,(H,17,18)/b8-5+. The lowest BCUT2D eigenvalue weighted by atomic mass is 10.1. The summed E-state index contributed by atoms with van der Waals surface area (Å²) in [6, 6.07) is 9.92. The third-order valence-corrected chi connectivity index (χ3v) is 2.91. The maximum Gasteiger partial charge on any atom is 0.244 e. The van der Waals surface area contributed by atoms with E-state index < -0.39 is 0 Å². The van der Waals surface area contributed by atoms with Crippen LogP contribution in [0.2, 0.25) is 0 Å². The molecule has 0 spiro atoms. The maximum absolute atomic E-state index is 11.8. The minimum absolute atomic E-state index is 0.0119. The predicted molar refractivity (Wildman–Crippen MR) is 75.5 cm³/mol. The molecule has 0 radical (unpaired) electrons. The van der Waals surface area contributed by atoms with E-state index in [2.05, 4.69) is 5.32 Å². The molecule has 1 amide bonds. The van der Waals surface area contributed by atoms with Crippen molar-refractivity contribution in [2.75, 3.05) is 0 Å². The van der Waals surface area contributed by atoms with Gasteiger partial charge in [-0.1, -0.05) is 29.8 Å². The Bertz CT molecular complexity index is 553. The number of furan rings is 1. The lowest BCUT2D eigenvalue weighted by Gasteiger charge is -2.13. The van der Waals surface area contributed by atoms with Gasteiger partial charge in [0.05, 0.1) is 18.6 Å². The number of carbonyl (C=O) groups is 1. The molecule has 3 nitrogen and oxygen atoms in total. The fourth-order valence-corrected chi connectivity index (χ4v) is 1.74. The number of benzene rings is 1. The smallest absolute Gasteiger partial charge is 0.244 e. The number of carbonyl (C=O) groups excluding carboxylic acids is 1. The van der Waals surface area contributed by atoms with Crippen molar-refractivity contribution < 1.29 is 9.21 Å². The number of rotatable bonds is 4. The molecule has 2 rings (SSSR count). The zero-order chi connectivity index (χ0) is 13.7. The van der Waals surface area contributed by atoms with E-state index in [1.807, 2.05) is 38.1 Å². The summed E-state index contributed by atoms with van der Waals surface area (Å²) in [7, 11) is 0. The molecule has 1 unspecified atom stereocenters. The second-order valence-electron chi connectivity index (χ2n) is 4.53. The first kappa shape index (κ1) is 13.1. The van der Waals surface area contributed by atoms with Crippen LogP contribution in [0.1, 0.15) is 29.7 Å². The SMILES string of the molecule is Cc1ccc(C(C)NC(=O)/C=C/c2ccoc2)cc1. The summed E-state index contributed by atoms with van der Waals surface area (Å²) >= 11 is 0. The van der Waals surface area contributed by atoms with Crippen LogP contribution in [0.3, 0.4) is 0 Å². The summed E-state index contributed by atoms with van der Waals surface area (Å²) in [6.45, 7) is 4.01. The van der Waals surface area contributed by atoms with E-state index in [9.17, 15) is 4.79 Å². The molecule has 1 atom stereocenters. The Morgan fingerprint density at radius 3 is 2.63 bits per heavy atom. The molecule has 98 valence electrons. The first-order valence-electron chi connectivity index (χ1n) is 6.22. The normalized spacial score (nSPS) is 12.5.